The Morgan fingerprint density at radius 2 is 2.00 bits per heavy atom. The summed E-state index contributed by atoms with van der Waals surface area (Å²) in [6.07, 6.45) is -4.87. The van der Waals surface area contributed by atoms with E-state index in [1.165, 1.54) is 13.1 Å². The predicted octanol–water partition coefficient (Wildman–Crippen LogP) is -2.62. The molecule has 17 heavy (non-hydrogen) atoms. The van der Waals surface area contributed by atoms with Gasteiger partial charge in [-0.3, -0.25) is 4.79 Å². The van der Waals surface area contributed by atoms with Gasteiger partial charge in [0.15, 0.2) is 6.10 Å². The van der Waals surface area contributed by atoms with Crippen LogP contribution in [0.5, 0.6) is 0 Å². The van der Waals surface area contributed by atoms with Crippen molar-refractivity contribution in [1.29, 1.82) is 0 Å². The zero-order valence-corrected chi connectivity index (χ0v) is 9.61. The van der Waals surface area contributed by atoms with Crippen molar-refractivity contribution in [3.63, 3.8) is 0 Å². The molecule has 7 heteroatoms. The molecule has 0 saturated heterocycles. The monoisotopic (exact) mass is 249 g/mol. The Bertz CT molecular complexity index is 247. The lowest BCUT2D eigenvalue weighted by molar-refractivity contribution is -0.155. The summed E-state index contributed by atoms with van der Waals surface area (Å²) in [5.41, 5.74) is 0. The molecule has 0 aromatic heterocycles. The van der Waals surface area contributed by atoms with Gasteiger partial charge in [0.25, 0.3) is 5.91 Å². The summed E-state index contributed by atoms with van der Waals surface area (Å²) >= 11 is 0. The smallest absolute Gasteiger partial charge is 0.251 e. The van der Waals surface area contributed by atoms with Gasteiger partial charge < -0.3 is 30.5 Å². The van der Waals surface area contributed by atoms with E-state index in [2.05, 4.69) is 11.9 Å². The average molecular weight is 249 g/mol. The minimum Gasteiger partial charge on any atom is -0.394 e. The van der Waals surface area contributed by atoms with Gasteiger partial charge in [-0.2, -0.15) is 0 Å². The molecule has 0 aromatic carbocycles. The fourth-order valence-electron chi connectivity index (χ4n) is 1.16. The molecule has 0 aliphatic heterocycles. The van der Waals surface area contributed by atoms with E-state index in [4.69, 9.17) is 14.9 Å². The molecular weight excluding hydrogens is 230 g/mol. The van der Waals surface area contributed by atoms with Crippen molar-refractivity contribution >= 4 is 5.91 Å². The summed E-state index contributed by atoms with van der Waals surface area (Å²) in [6, 6.07) is 0. The summed E-state index contributed by atoms with van der Waals surface area (Å²) in [7, 11) is 1.34. The van der Waals surface area contributed by atoms with Crippen LogP contribution in [0.2, 0.25) is 0 Å². The molecule has 5 N–H and O–H groups in total. The molecule has 4 atom stereocenters. The highest BCUT2D eigenvalue weighted by atomic mass is 16.5. The molecule has 0 rings (SSSR count). The van der Waals surface area contributed by atoms with Crippen molar-refractivity contribution in [3.05, 3.63) is 12.7 Å². The molecule has 0 radical (unpaired) electrons. The highest BCUT2D eigenvalue weighted by Crippen LogP contribution is 2.09. The minimum atomic E-state index is -1.69. The van der Waals surface area contributed by atoms with E-state index in [9.17, 15) is 15.0 Å². The molecule has 0 unspecified atom stereocenters. The van der Waals surface area contributed by atoms with Crippen LogP contribution in [0.3, 0.4) is 0 Å². The predicted molar refractivity (Wildman–Crippen MR) is 59.1 cm³/mol. The standard InChI is InChI=1S/C10H19NO6/c1-3-4-17-9(10(16)11-2)8(15)7(14)6(13)5-12/h3,6-9,12-15H,1,4-5H2,2H3,(H,11,16)/t6-,7-,8+,9-/m1/s1. The summed E-state index contributed by atoms with van der Waals surface area (Å²) in [5, 5.41) is 39.2. The first-order chi connectivity index (χ1) is 7.99. The Morgan fingerprint density at radius 1 is 1.41 bits per heavy atom. The van der Waals surface area contributed by atoms with Crippen LogP contribution < -0.4 is 5.32 Å². The number of nitrogens with one attached hydrogen (secondary N) is 1. The first-order valence-electron chi connectivity index (χ1n) is 5.08. The zero-order valence-electron chi connectivity index (χ0n) is 9.61. The van der Waals surface area contributed by atoms with E-state index in [0.717, 1.165) is 0 Å². The van der Waals surface area contributed by atoms with Crippen LogP contribution >= 0.6 is 0 Å². The molecule has 0 heterocycles. The van der Waals surface area contributed by atoms with Gasteiger partial charge in [0.1, 0.15) is 18.3 Å². The van der Waals surface area contributed by atoms with E-state index in [1.54, 1.807) is 0 Å². The molecule has 0 spiro atoms. The Balaban J connectivity index is 4.65. The van der Waals surface area contributed by atoms with Gasteiger partial charge in [0.05, 0.1) is 13.2 Å². The number of hydrogen-bond donors (Lipinski definition) is 5. The van der Waals surface area contributed by atoms with E-state index >= 15 is 0 Å². The second-order valence-corrected chi connectivity index (χ2v) is 3.39. The number of aliphatic hydroxyl groups excluding tert-OH is 4. The minimum absolute atomic E-state index is 0.00289. The number of hydrogen-bond acceptors (Lipinski definition) is 6. The third-order valence-corrected chi connectivity index (χ3v) is 2.14. The van der Waals surface area contributed by atoms with E-state index < -0.39 is 36.9 Å². The van der Waals surface area contributed by atoms with Crippen LogP contribution in [-0.4, -0.2) is 71.0 Å². The largest absolute Gasteiger partial charge is 0.394 e. The van der Waals surface area contributed by atoms with Crippen LogP contribution in [0, 0.1) is 0 Å². The topological polar surface area (TPSA) is 119 Å². The quantitative estimate of drug-likeness (QED) is 0.300. The highest BCUT2D eigenvalue weighted by Gasteiger charge is 2.35. The molecular formula is C10H19NO6. The van der Waals surface area contributed by atoms with Crippen molar-refractivity contribution < 1.29 is 30.0 Å². The van der Waals surface area contributed by atoms with E-state index in [1.807, 2.05) is 0 Å². The van der Waals surface area contributed by atoms with Crippen LogP contribution in [0.25, 0.3) is 0 Å². The lowest BCUT2D eigenvalue weighted by Crippen LogP contribution is -2.52. The maximum atomic E-state index is 11.4. The zero-order chi connectivity index (χ0) is 13.4. The van der Waals surface area contributed by atoms with Crippen LogP contribution in [0.1, 0.15) is 0 Å². The SMILES string of the molecule is C=CCO[C@@H](C(=O)NC)[C@@H](O)[C@H](O)[C@H](O)CO. The third kappa shape index (κ3) is 4.80. The van der Waals surface area contributed by atoms with Crippen molar-refractivity contribution in [3.8, 4) is 0 Å². The number of ether oxygens (including phenoxy) is 1. The summed E-state index contributed by atoms with van der Waals surface area (Å²) in [5.74, 6) is -0.650. The normalized spacial score (nSPS) is 17.9. The van der Waals surface area contributed by atoms with Crippen molar-refractivity contribution in [2.45, 2.75) is 24.4 Å². The number of rotatable bonds is 8. The van der Waals surface area contributed by atoms with E-state index in [0.29, 0.717) is 0 Å². The molecule has 0 fully saturated rings. The summed E-state index contributed by atoms with van der Waals surface area (Å²) < 4.78 is 4.99. The molecule has 0 aliphatic carbocycles. The van der Waals surface area contributed by atoms with Gasteiger partial charge in [-0.05, 0) is 0 Å². The van der Waals surface area contributed by atoms with E-state index in [-0.39, 0.29) is 6.61 Å². The fraction of sp³-hybridized carbons (Fsp3) is 0.700. The van der Waals surface area contributed by atoms with Gasteiger partial charge >= 0.3 is 0 Å². The lowest BCUT2D eigenvalue weighted by Gasteiger charge is -2.27. The average Bonchev–Trinajstić information content (AvgIpc) is 2.36. The van der Waals surface area contributed by atoms with Gasteiger partial charge in [0, 0.05) is 7.05 Å². The Hall–Kier alpha value is -0.990. The Labute approximate surface area is 99.3 Å². The number of amides is 1. The first kappa shape index (κ1) is 16.0. The van der Waals surface area contributed by atoms with Crippen LogP contribution in [-0.2, 0) is 9.53 Å². The Morgan fingerprint density at radius 3 is 2.41 bits per heavy atom. The lowest BCUT2D eigenvalue weighted by atomic mass is 10.0. The number of likely N-dealkylation sites (N-methyl/N-ethyl adjacent to an activating group) is 1. The van der Waals surface area contributed by atoms with Gasteiger partial charge in [-0.1, -0.05) is 6.08 Å². The second kappa shape index (κ2) is 8.15. The highest BCUT2D eigenvalue weighted by molar-refractivity contribution is 5.81. The summed E-state index contributed by atoms with van der Waals surface area (Å²) in [4.78, 5) is 11.4. The Kier molecular flexibility index (Phi) is 7.68. The summed E-state index contributed by atoms with van der Waals surface area (Å²) in [6.45, 7) is 2.64. The van der Waals surface area contributed by atoms with Crippen LogP contribution in [0.15, 0.2) is 12.7 Å². The molecule has 0 bridgehead atoms. The van der Waals surface area contributed by atoms with Gasteiger partial charge in [0.2, 0.25) is 0 Å². The number of carbonyl (C=O) groups is 1. The number of aliphatic hydroxyl groups is 4. The molecule has 100 valence electrons. The maximum Gasteiger partial charge on any atom is 0.251 e. The van der Waals surface area contributed by atoms with Crippen molar-refractivity contribution in [2.24, 2.45) is 0 Å². The van der Waals surface area contributed by atoms with Gasteiger partial charge in [-0.15, -0.1) is 6.58 Å². The molecule has 0 aliphatic rings. The van der Waals surface area contributed by atoms with Gasteiger partial charge in [-0.25, -0.2) is 0 Å². The molecule has 7 nitrogen and oxygen atoms in total. The van der Waals surface area contributed by atoms with Crippen molar-refractivity contribution in [2.75, 3.05) is 20.3 Å². The fourth-order valence-corrected chi connectivity index (χ4v) is 1.16. The molecule has 0 aromatic rings. The second-order valence-electron chi connectivity index (χ2n) is 3.39. The third-order valence-electron chi connectivity index (χ3n) is 2.14. The molecule has 0 saturated carbocycles. The first-order valence-corrected chi connectivity index (χ1v) is 5.08. The number of carbonyl (C=O) groups excluding carboxylic acids is 1. The van der Waals surface area contributed by atoms with Crippen molar-refractivity contribution in [1.82, 2.24) is 5.32 Å². The maximum absolute atomic E-state index is 11.4. The molecule has 1 amide bonds. The van der Waals surface area contributed by atoms with Crippen LogP contribution in [0.4, 0.5) is 0 Å².